The molecule has 1 N–H and O–H groups in total. The number of methoxy groups -OCH3 is 1. The minimum Gasteiger partial charge on any atom is -0.468 e. The quantitative estimate of drug-likeness (QED) is 0.420. The smallest absolute Gasteiger partial charge is 0.327 e. The lowest BCUT2D eigenvalue weighted by Crippen LogP contribution is -2.57. The van der Waals surface area contributed by atoms with Crippen molar-refractivity contribution in [1.82, 2.24) is 10.2 Å². The summed E-state index contributed by atoms with van der Waals surface area (Å²) < 4.78 is 5.25. The summed E-state index contributed by atoms with van der Waals surface area (Å²) in [7, 11) is 1.31. The molecule has 2 aliphatic heterocycles. The van der Waals surface area contributed by atoms with Gasteiger partial charge in [0.15, 0.2) is 0 Å². The Labute approximate surface area is 208 Å². The second-order valence-corrected chi connectivity index (χ2v) is 9.49. The molecule has 0 saturated carbocycles. The molecule has 5 rings (SSSR count). The number of amides is 2. The standard InChI is InChI=1S/C28H25ClN2O4/c1-35-27(34)28(16-18-8-4-2-5-9-18)23-22(24(30-28)20-12-14-21(29)15-13-20)25(32)31(26(23)33)17-19-10-6-3-7-11-19/h2-15,22-24,30H,16-17H2,1H3. The fraction of sp³-hybridized carbons (Fsp3) is 0.250. The maximum absolute atomic E-state index is 13.9. The number of hydrogen-bond acceptors (Lipinski definition) is 5. The third kappa shape index (κ3) is 4.03. The van der Waals surface area contributed by atoms with Gasteiger partial charge in [-0.15, -0.1) is 0 Å². The molecular formula is C28H25ClN2O4. The first kappa shape index (κ1) is 23.3. The van der Waals surface area contributed by atoms with Crippen molar-refractivity contribution in [2.45, 2.75) is 24.5 Å². The van der Waals surface area contributed by atoms with Gasteiger partial charge < -0.3 is 4.74 Å². The van der Waals surface area contributed by atoms with E-state index in [-0.39, 0.29) is 24.8 Å². The molecule has 0 radical (unpaired) electrons. The van der Waals surface area contributed by atoms with Gasteiger partial charge in [-0.1, -0.05) is 84.4 Å². The number of carbonyl (C=O) groups excluding carboxylic acids is 3. The summed E-state index contributed by atoms with van der Waals surface area (Å²) in [6.45, 7) is 0.154. The summed E-state index contributed by atoms with van der Waals surface area (Å²) in [4.78, 5) is 42.4. The van der Waals surface area contributed by atoms with Crippen LogP contribution in [0.15, 0.2) is 84.9 Å². The fourth-order valence-corrected chi connectivity index (χ4v) is 5.59. The average Bonchev–Trinajstić information content (AvgIpc) is 3.35. The van der Waals surface area contributed by atoms with Gasteiger partial charge in [-0.3, -0.25) is 24.6 Å². The number of ether oxygens (including phenoxy) is 1. The summed E-state index contributed by atoms with van der Waals surface area (Å²) in [5.41, 5.74) is 1.09. The van der Waals surface area contributed by atoms with E-state index in [1.54, 1.807) is 12.1 Å². The molecule has 2 saturated heterocycles. The summed E-state index contributed by atoms with van der Waals surface area (Å²) in [6.07, 6.45) is 0.212. The van der Waals surface area contributed by atoms with E-state index in [1.807, 2.05) is 72.8 Å². The molecule has 3 aromatic carbocycles. The summed E-state index contributed by atoms with van der Waals surface area (Å²) in [5.74, 6) is -2.89. The highest BCUT2D eigenvalue weighted by atomic mass is 35.5. The minimum absolute atomic E-state index is 0.154. The molecule has 2 aliphatic rings. The molecule has 2 heterocycles. The molecule has 4 atom stereocenters. The van der Waals surface area contributed by atoms with Crippen molar-refractivity contribution in [3.63, 3.8) is 0 Å². The van der Waals surface area contributed by atoms with E-state index in [0.29, 0.717) is 5.02 Å². The van der Waals surface area contributed by atoms with Gasteiger partial charge in [-0.2, -0.15) is 0 Å². The Morgan fingerprint density at radius 1 is 0.914 bits per heavy atom. The van der Waals surface area contributed by atoms with Crippen molar-refractivity contribution < 1.29 is 19.1 Å². The molecule has 0 aromatic heterocycles. The van der Waals surface area contributed by atoms with Gasteiger partial charge in [0.1, 0.15) is 5.54 Å². The van der Waals surface area contributed by atoms with Crippen LogP contribution in [0.5, 0.6) is 0 Å². The maximum atomic E-state index is 13.9. The molecule has 2 fully saturated rings. The van der Waals surface area contributed by atoms with E-state index in [9.17, 15) is 14.4 Å². The maximum Gasteiger partial charge on any atom is 0.327 e. The highest BCUT2D eigenvalue weighted by molar-refractivity contribution is 6.30. The van der Waals surface area contributed by atoms with Crippen molar-refractivity contribution in [2.24, 2.45) is 11.8 Å². The highest BCUT2D eigenvalue weighted by Gasteiger charge is 2.68. The zero-order chi connectivity index (χ0) is 24.6. The Balaban J connectivity index is 1.62. The summed E-state index contributed by atoms with van der Waals surface area (Å²) in [5, 5.41) is 3.96. The van der Waals surface area contributed by atoms with Crippen LogP contribution in [-0.2, 0) is 32.1 Å². The Kier molecular flexibility index (Phi) is 6.17. The molecular weight excluding hydrogens is 464 g/mol. The number of hydrogen-bond donors (Lipinski definition) is 1. The average molecular weight is 489 g/mol. The molecule has 6 nitrogen and oxygen atoms in total. The van der Waals surface area contributed by atoms with Crippen LogP contribution >= 0.6 is 11.6 Å². The van der Waals surface area contributed by atoms with Crippen molar-refractivity contribution in [3.8, 4) is 0 Å². The second-order valence-electron chi connectivity index (χ2n) is 9.05. The van der Waals surface area contributed by atoms with E-state index in [1.165, 1.54) is 12.0 Å². The molecule has 4 unspecified atom stereocenters. The third-order valence-electron chi connectivity index (χ3n) is 7.03. The van der Waals surface area contributed by atoms with E-state index in [4.69, 9.17) is 16.3 Å². The lowest BCUT2D eigenvalue weighted by Gasteiger charge is -2.32. The summed E-state index contributed by atoms with van der Waals surface area (Å²) in [6, 6.07) is 25.4. The first-order valence-corrected chi connectivity index (χ1v) is 11.9. The van der Waals surface area contributed by atoms with Crippen LogP contribution in [0.3, 0.4) is 0 Å². The Morgan fingerprint density at radius 2 is 1.51 bits per heavy atom. The number of rotatable bonds is 6. The van der Waals surface area contributed by atoms with Gasteiger partial charge >= 0.3 is 5.97 Å². The SMILES string of the molecule is COC(=O)C1(Cc2ccccc2)NC(c2ccc(Cl)cc2)C2C(=O)N(Cc3ccccc3)C(=O)C21. The number of nitrogens with zero attached hydrogens (tertiary/aromatic N) is 1. The first-order valence-electron chi connectivity index (χ1n) is 11.5. The Hall–Kier alpha value is -3.48. The number of benzene rings is 3. The minimum atomic E-state index is -1.40. The monoisotopic (exact) mass is 488 g/mol. The number of carbonyl (C=O) groups is 3. The van der Waals surface area contributed by atoms with Crippen molar-refractivity contribution in [2.75, 3.05) is 7.11 Å². The van der Waals surface area contributed by atoms with E-state index in [2.05, 4.69) is 5.32 Å². The van der Waals surface area contributed by atoms with Gasteiger partial charge in [-0.05, 0) is 28.8 Å². The topological polar surface area (TPSA) is 75.7 Å². The van der Waals surface area contributed by atoms with Gasteiger partial charge in [0.2, 0.25) is 11.8 Å². The fourth-order valence-electron chi connectivity index (χ4n) is 5.46. The van der Waals surface area contributed by atoms with Crippen LogP contribution in [-0.4, -0.2) is 35.3 Å². The highest BCUT2D eigenvalue weighted by Crippen LogP contribution is 2.50. The van der Waals surface area contributed by atoms with Crippen LogP contribution in [0.2, 0.25) is 5.02 Å². The molecule has 0 bridgehead atoms. The van der Waals surface area contributed by atoms with E-state index < -0.39 is 29.4 Å². The normalized spacial score (nSPS) is 25.5. The van der Waals surface area contributed by atoms with Gasteiger partial charge in [-0.25, -0.2) is 0 Å². The molecule has 35 heavy (non-hydrogen) atoms. The molecule has 0 aliphatic carbocycles. The van der Waals surface area contributed by atoms with E-state index in [0.717, 1.165) is 16.7 Å². The van der Waals surface area contributed by atoms with Crippen LogP contribution < -0.4 is 5.32 Å². The third-order valence-corrected chi connectivity index (χ3v) is 7.29. The van der Waals surface area contributed by atoms with Crippen LogP contribution in [0.25, 0.3) is 0 Å². The number of esters is 1. The molecule has 178 valence electrons. The van der Waals surface area contributed by atoms with Crippen LogP contribution in [0, 0.1) is 11.8 Å². The second kappa shape index (κ2) is 9.29. The van der Waals surface area contributed by atoms with Gasteiger partial charge in [0, 0.05) is 17.5 Å². The predicted molar refractivity (Wildman–Crippen MR) is 131 cm³/mol. The molecule has 0 spiro atoms. The zero-order valence-corrected chi connectivity index (χ0v) is 19.9. The summed E-state index contributed by atoms with van der Waals surface area (Å²) >= 11 is 6.11. The van der Waals surface area contributed by atoms with Crippen molar-refractivity contribution in [1.29, 1.82) is 0 Å². The predicted octanol–water partition coefficient (Wildman–Crippen LogP) is 3.94. The van der Waals surface area contributed by atoms with Crippen LogP contribution in [0.1, 0.15) is 22.7 Å². The molecule has 2 amide bonds. The first-order chi connectivity index (χ1) is 16.9. The van der Waals surface area contributed by atoms with E-state index >= 15 is 0 Å². The zero-order valence-electron chi connectivity index (χ0n) is 19.2. The van der Waals surface area contributed by atoms with Gasteiger partial charge in [0.25, 0.3) is 0 Å². The number of fused-ring (bicyclic) bond motifs is 1. The number of nitrogens with one attached hydrogen (secondary N) is 1. The van der Waals surface area contributed by atoms with Gasteiger partial charge in [0.05, 0.1) is 25.5 Å². The van der Waals surface area contributed by atoms with Crippen molar-refractivity contribution in [3.05, 3.63) is 107 Å². The largest absolute Gasteiger partial charge is 0.468 e. The Morgan fingerprint density at radius 3 is 2.11 bits per heavy atom. The molecule has 7 heteroatoms. The number of likely N-dealkylation sites (tertiary alicyclic amines) is 1. The lowest BCUT2D eigenvalue weighted by atomic mass is 9.76. The lowest BCUT2D eigenvalue weighted by molar-refractivity contribution is -0.154. The van der Waals surface area contributed by atoms with Crippen LogP contribution in [0.4, 0.5) is 0 Å². The number of halogens is 1. The van der Waals surface area contributed by atoms with Crippen molar-refractivity contribution >= 4 is 29.4 Å². The molecule has 3 aromatic rings. The number of imide groups is 1. The Bertz CT molecular complexity index is 1250.